The summed E-state index contributed by atoms with van der Waals surface area (Å²) in [4.78, 5) is 0. The SMILES string of the molecule is C=C.CCOc1cccc(C)c1.CNC.c1cn[nH]n1. The minimum Gasteiger partial charge on any atom is -0.494 e. The second-order valence-corrected chi connectivity index (χ2v) is 3.41. The number of aromatic amines is 1. The lowest BCUT2D eigenvalue weighted by Crippen LogP contribution is -1.90. The largest absolute Gasteiger partial charge is 0.494 e. The van der Waals surface area contributed by atoms with Crippen LogP contribution in [0.15, 0.2) is 49.8 Å². The molecule has 0 bridgehead atoms. The molecule has 112 valence electrons. The number of hydrogen-bond donors (Lipinski definition) is 2. The number of rotatable bonds is 2. The molecule has 0 saturated heterocycles. The van der Waals surface area contributed by atoms with Crippen molar-refractivity contribution in [1.29, 1.82) is 0 Å². The standard InChI is InChI=1S/C9H12O.C2H3N3.C2H7N.C2H4/c1-3-10-9-6-4-5-8(2)7-9;1-2-4-5-3-1;1-3-2;1-2/h4-7H,3H2,1-2H3;1-2H,(H,3,4,5);3H,1-2H3;1-2H2. The third kappa shape index (κ3) is 13.9. The fraction of sp³-hybridized carbons (Fsp3) is 0.333. The molecule has 0 fully saturated rings. The summed E-state index contributed by atoms with van der Waals surface area (Å²) >= 11 is 0. The highest BCUT2D eigenvalue weighted by Crippen LogP contribution is 2.11. The molecule has 1 aromatic carbocycles. The van der Waals surface area contributed by atoms with Gasteiger partial charge >= 0.3 is 0 Å². The minimum atomic E-state index is 0.740. The first-order valence-corrected chi connectivity index (χ1v) is 6.32. The Labute approximate surface area is 122 Å². The van der Waals surface area contributed by atoms with Crippen LogP contribution in [-0.2, 0) is 0 Å². The maximum absolute atomic E-state index is 5.29. The van der Waals surface area contributed by atoms with Crippen molar-refractivity contribution in [2.75, 3.05) is 20.7 Å². The molecular formula is C15H26N4O. The monoisotopic (exact) mass is 278 g/mol. The molecule has 0 aliphatic rings. The van der Waals surface area contributed by atoms with E-state index in [-0.39, 0.29) is 0 Å². The van der Waals surface area contributed by atoms with Crippen LogP contribution in [0.3, 0.4) is 0 Å². The molecule has 0 aliphatic heterocycles. The van der Waals surface area contributed by atoms with Gasteiger partial charge in [0.15, 0.2) is 0 Å². The van der Waals surface area contributed by atoms with E-state index in [2.05, 4.69) is 46.9 Å². The Balaban J connectivity index is 0. The summed E-state index contributed by atoms with van der Waals surface area (Å²) in [7, 11) is 3.75. The maximum Gasteiger partial charge on any atom is 0.119 e. The summed E-state index contributed by atoms with van der Waals surface area (Å²) in [6.45, 7) is 10.8. The van der Waals surface area contributed by atoms with Gasteiger partial charge in [-0.15, -0.1) is 13.2 Å². The van der Waals surface area contributed by atoms with E-state index in [1.165, 1.54) is 5.56 Å². The van der Waals surface area contributed by atoms with Gasteiger partial charge in [0.05, 0.1) is 19.0 Å². The van der Waals surface area contributed by atoms with Gasteiger partial charge in [0.25, 0.3) is 0 Å². The zero-order valence-corrected chi connectivity index (χ0v) is 12.9. The molecule has 5 heteroatoms. The molecule has 0 atom stereocenters. The van der Waals surface area contributed by atoms with E-state index in [9.17, 15) is 0 Å². The van der Waals surface area contributed by atoms with Crippen molar-refractivity contribution >= 4 is 0 Å². The van der Waals surface area contributed by atoms with E-state index in [0.717, 1.165) is 12.4 Å². The molecular weight excluding hydrogens is 252 g/mol. The number of nitrogens with zero attached hydrogens (tertiary/aromatic N) is 2. The van der Waals surface area contributed by atoms with Crippen LogP contribution >= 0.6 is 0 Å². The number of aromatic nitrogens is 3. The van der Waals surface area contributed by atoms with Gasteiger partial charge in [-0.1, -0.05) is 12.1 Å². The van der Waals surface area contributed by atoms with E-state index in [0.29, 0.717) is 0 Å². The summed E-state index contributed by atoms with van der Waals surface area (Å²) in [5.41, 5.74) is 1.24. The van der Waals surface area contributed by atoms with Crippen LogP contribution in [0.4, 0.5) is 0 Å². The number of H-pyrrole nitrogens is 1. The van der Waals surface area contributed by atoms with Gasteiger partial charge in [-0.2, -0.15) is 15.4 Å². The summed E-state index contributed by atoms with van der Waals surface area (Å²) in [6, 6.07) is 8.06. The van der Waals surface area contributed by atoms with Crippen LogP contribution in [0, 0.1) is 6.92 Å². The molecule has 1 aromatic heterocycles. The number of benzene rings is 1. The average Bonchev–Trinajstić information content (AvgIpc) is 3.02. The molecule has 5 nitrogen and oxygen atoms in total. The highest BCUT2D eigenvalue weighted by molar-refractivity contribution is 5.27. The van der Waals surface area contributed by atoms with Gasteiger partial charge in [0.2, 0.25) is 0 Å². The zero-order chi connectivity index (χ0) is 15.6. The first kappa shape index (κ1) is 20.2. The van der Waals surface area contributed by atoms with Gasteiger partial charge in [0, 0.05) is 0 Å². The maximum atomic E-state index is 5.29. The Bertz CT molecular complexity index is 373. The predicted molar refractivity (Wildman–Crippen MR) is 85.0 cm³/mol. The first-order valence-electron chi connectivity index (χ1n) is 6.32. The second kappa shape index (κ2) is 16.9. The van der Waals surface area contributed by atoms with Crippen molar-refractivity contribution in [1.82, 2.24) is 20.7 Å². The Morgan fingerprint density at radius 2 is 1.75 bits per heavy atom. The number of nitrogens with one attached hydrogen (secondary N) is 2. The lowest BCUT2D eigenvalue weighted by atomic mass is 10.2. The topological polar surface area (TPSA) is 62.8 Å². The Kier molecular flexibility index (Phi) is 17.0. The fourth-order valence-electron chi connectivity index (χ4n) is 1.04. The van der Waals surface area contributed by atoms with Gasteiger partial charge in [0.1, 0.15) is 5.75 Å². The minimum absolute atomic E-state index is 0.740. The second-order valence-electron chi connectivity index (χ2n) is 3.41. The van der Waals surface area contributed by atoms with Crippen molar-refractivity contribution in [2.45, 2.75) is 13.8 Å². The smallest absolute Gasteiger partial charge is 0.119 e. The van der Waals surface area contributed by atoms with Crippen LogP contribution in [0.1, 0.15) is 12.5 Å². The van der Waals surface area contributed by atoms with Crippen LogP contribution in [0.5, 0.6) is 5.75 Å². The van der Waals surface area contributed by atoms with Crippen molar-refractivity contribution < 1.29 is 4.74 Å². The first-order chi connectivity index (χ1) is 9.74. The molecule has 2 aromatic rings. The van der Waals surface area contributed by atoms with E-state index in [4.69, 9.17) is 4.74 Å². The highest BCUT2D eigenvalue weighted by atomic mass is 16.5. The van der Waals surface area contributed by atoms with E-state index in [1.807, 2.05) is 39.2 Å². The number of hydrogen-bond acceptors (Lipinski definition) is 4. The van der Waals surface area contributed by atoms with Gasteiger partial charge in [-0.05, 0) is 45.6 Å². The highest BCUT2D eigenvalue weighted by Gasteiger charge is 1.89. The third-order valence-corrected chi connectivity index (χ3v) is 1.63. The summed E-state index contributed by atoms with van der Waals surface area (Å²) < 4.78 is 5.29. The predicted octanol–water partition coefficient (Wildman–Crippen LogP) is 2.84. The molecule has 0 saturated carbocycles. The molecule has 0 unspecified atom stereocenters. The van der Waals surface area contributed by atoms with E-state index < -0.39 is 0 Å². The Morgan fingerprint density at radius 1 is 1.20 bits per heavy atom. The molecule has 20 heavy (non-hydrogen) atoms. The lowest BCUT2D eigenvalue weighted by Gasteiger charge is -2.01. The molecule has 0 amide bonds. The lowest BCUT2D eigenvalue weighted by molar-refractivity contribution is 0.340. The van der Waals surface area contributed by atoms with Crippen LogP contribution in [-0.4, -0.2) is 36.1 Å². The van der Waals surface area contributed by atoms with Crippen molar-refractivity contribution in [3.05, 3.63) is 55.4 Å². The van der Waals surface area contributed by atoms with Crippen LogP contribution in [0.2, 0.25) is 0 Å². The molecule has 1 heterocycles. The molecule has 2 N–H and O–H groups in total. The Hall–Kier alpha value is -2.14. The van der Waals surface area contributed by atoms with E-state index in [1.54, 1.807) is 12.4 Å². The quantitative estimate of drug-likeness (QED) is 0.829. The summed E-state index contributed by atoms with van der Waals surface area (Å²) in [5, 5.41) is 12.1. The summed E-state index contributed by atoms with van der Waals surface area (Å²) in [5.74, 6) is 0.961. The molecule has 0 aliphatic carbocycles. The molecule has 0 radical (unpaired) electrons. The fourth-order valence-corrected chi connectivity index (χ4v) is 1.04. The van der Waals surface area contributed by atoms with Gasteiger partial charge < -0.3 is 10.1 Å². The molecule has 2 rings (SSSR count). The van der Waals surface area contributed by atoms with Crippen LogP contribution in [0.25, 0.3) is 0 Å². The van der Waals surface area contributed by atoms with Gasteiger partial charge in [-0.3, -0.25) is 0 Å². The zero-order valence-electron chi connectivity index (χ0n) is 12.9. The van der Waals surface area contributed by atoms with E-state index >= 15 is 0 Å². The average molecular weight is 278 g/mol. The van der Waals surface area contributed by atoms with Gasteiger partial charge in [-0.25, -0.2) is 0 Å². The number of aryl methyl sites for hydroxylation is 1. The number of ether oxygens (including phenoxy) is 1. The van der Waals surface area contributed by atoms with Crippen molar-refractivity contribution in [3.8, 4) is 5.75 Å². The normalized spacial score (nSPS) is 7.80. The van der Waals surface area contributed by atoms with Crippen LogP contribution < -0.4 is 10.1 Å². The summed E-state index contributed by atoms with van der Waals surface area (Å²) in [6.07, 6.45) is 3.17. The van der Waals surface area contributed by atoms with Crippen molar-refractivity contribution in [3.63, 3.8) is 0 Å². The van der Waals surface area contributed by atoms with Crippen molar-refractivity contribution in [2.24, 2.45) is 0 Å². The molecule has 0 spiro atoms. The third-order valence-electron chi connectivity index (χ3n) is 1.63. The Morgan fingerprint density at radius 3 is 2.10 bits per heavy atom.